The lowest BCUT2D eigenvalue weighted by Crippen LogP contribution is -2.23. The summed E-state index contributed by atoms with van der Waals surface area (Å²) in [6.07, 6.45) is 2.94. The lowest BCUT2D eigenvalue weighted by Gasteiger charge is -2.11. The maximum Gasteiger partial charge on any atom is 0.256 e. The molecule has 0 aliphatic heterocycles. The first kappa shape index (κ1) is 17.3. The van der Waals surface area contributed by atoms with Crippen LogP contribution in [0.2, 0.25) is 0 Å². The number of hydrogen-bond acceptors (Lipinski definition) is 3. The Bertz CT molecular complexity index is 1020. The van der Waals surface area contributed by atoms with Gasteiger partial charge in [-0.25, -0.2) is 4.39 Å². The van der Waals surface area contributed by atoms with Crippen LogP contribution in [0.4, 0.5) is 4.39 Å². The molecule has 0 bridgehead atoms. The molecule has 0 unspecified atom stereocenters. The molecule has 7 heteroatoms. The number of pyridine rings is 1. The molecule has 6 nitrogen and oxygen atoms in total. The molecule has 2 N–H and O–H groups in total. The van der Waals surface area contributed by atoms with E-state index in [1.807, 2.05) is 0 Å². The van der Waals surface area contributed by atoms with Crippen molar-refractivity contribution in [1.29, 1.82) is 0 Å². The molecule has 2 aromatic heterocycles. The van der Waals surface area contributed by atoms with Gasteiger partial charge in [0, 0.05) is 30.1 Å². The number of amides is 1. The number of benzene rings is 1. The molecule has 3 rings (SSSR count). The van der Waals surface area contributed by atoms with Gasteiger partial charge >= 0.3 is 0 Å². The summed E-state index contributed by atoms with van der Waals surface area (Å²) >= 11 is 0. The fourth-order valence-corrected chi connectivity index (χ4v) is 2.59. The highest BCUT2D eigenvalue weighted by Crippen LogP contribution is 2.25. The first-order chi connectivity index (χ1) is 12.5. The summed E-state index contributed by atoms with van der Waals surface area (Å²) in [7, 11) is 1.79. The van der Waals surface area contributed by atoms with Crippen LogP contribution in [0.1, 0.15) is 5.69 Å². The molecule has 3 aromatic rings. The van der Waals surface area contributed by atoms with Crippen LogP contribution in [0, 0.1) is 5.82 Å². The van der Waals surface area contributed by atoms with Gasteiger partial charge in [-0.1, -0.05) is 18.7 Å². The molecule has 0 fully saturated rings. The summed E-state index contributed by atoms with van der Waals surface area (Å²) in [4.78, 5) is 26.8. The lowest BCUT2D eigenvalue weighted by atomic mass is 10.0. The van der Waals surface area contributed by atoms with Gasteiger partial charge in [-0.3, -0.25) is 14.3 Å². The number of aromatic nitrogens is 3. The van der Waals surface area contributed by atoms with E-state index in [1.165, 1.54) is 12.1 Å². The van der Waals surface area contributed by atoms with E-state index >= 15 is 0 Å². The Hall–Kier alpha value is -3.48. The monoisotopic (exact) mass is 352 g/mol. The van der Waals surface area contributed by atoms with E-state index in [0.717, 1.165) is 6.08 Å². The number of aryl methyl sites for hydroxylation is 1. The van der Waals surface area contributed by atoms with Gasteiger partial charge in [0.05, 0.1) is 12.2 Å². The summed E-state index contributed by atoms with van der Waals surface area (Å²) in [5, 5.41) is 7.02. The van der Waals surface area contributed by atoms with Gasteiger partial charge in [0.2, 0.25) is 5.91 Å². The number of H-pyrrole nitrogens is 1. The maximum atomic E-state index is 13.2. The zero-order valence-corrected chi connectivity index (χ0v) is 14.1. The Balaban J connectivity index is 2.11. The Labute approximate surface area is 149 Å². The Kier molecular flexibility index (Phi) is 4.79. The van der Waals surface area contributed by atoms with Crippen molar-refractivity contribution in [1.82, 2.24) is 20.1 Å². The van der Waals surface area contributed by atoms with Gasteiger partial charge in [0.15, 0.2) is 0 Å². The highest BCUT2D eigenvalue weighted by Gasteiger charge is 2.14. The summed E-state index contributed by atoms with van der Waals surface area (Å²) < 4.78 is 14.8. The molecule has 0 radical (unpaired) electrons. The second kappa shape index (κ2) is 7.18. The van der Waals surface area contributed by atoms with Crippen LogP contribution < -0.4 is 10.9 Å². The van der Waals surface area contributed by atoms with Crippen LogP contribution >= 0.6 is 0 Å². The first-order valence-corrected chi connectivity index (χ1v) is 7.90. The van der Waals surface area contributed by atoms with Crippen LogP contribution in [-0.2, 0) is 18.4 Å². The van der Waals surface area contributed by atoms with Crippen LogP contribution in [0.3, 0.4) is 0 Å². The Morgan fingerprint density at radius 3 is 2.65 bits per heavy atom. The quantitative estimate of drug-likeness (QED) is 0.692. The number of rotatable bonds is 5. The molecule has 26 heavy (non-hydrogen) atoms. The SMILES string of the molecule is C=CC(=O)NCc1[nH]c(=O)c(-c2ccc(F)cc2)cc1-c1ccn(C)n1. The molecule has 132 valence electrons. The smallest absolute Gasteiger partial charge is 0.256 e. The Morgan fingerprint density at radius 2 is 2.04 bits per heavy atom. The van der Waals surface area contributed by atoms with Crippen LogP contribution in [-0.4, -0.2) is 20.7 Å². The maximum absolute atomic E-state index is 13.2. The van der Waals surface area contributed by atoms with Crippen molar-refractivity contribution in [3.63, 3.8) is 0 Å². The zero-order valence-electron chi connectivity index (χ0n) is 14.1. The van der Waals surface area contributed by atoms with Gasteiger partial charge in [-0.05, 0) is 35.9 Å². The van der Waals surface area contributed by atoms with Crippen molar-refractivity contribution in [3.8, 4) is 22.4 Å². The predicted molar refractivity (Wildman–Crippen MR) is 96.7 cm³/mol. The summed E-state index contributed by atoms with van der Waals surface area (Å²) in [6.45, 7) is 3.53. The highest BCUT2D eigenvalue weighted by molar-refractivity contribution is 5.87. The Morgan fingerprint density at radius 1 is 1.31 bits per heavy atom. The van der Waals surface area contributed by atoms with Crippen molar-refractivity contribution in [2.75, 3.05) is 0 Å². The van der Waals surface area contributed by atoms with Crippen molar-refractivity contribution < 1.29 is 9.18 Å². The second-order valence-corrected chi connectivity index (χ2v) is 5.71. The van der Waals surface area contributed by atoms with Gasteiger partial charge in [-0.2, -0.15) is 5.10 Å². The van der Waals surface area contributed by atoms with E-state index in [2.05, 4.69) is 22.0 Å². The third-order valence-electron chi connectivity index (χ3n) is 3.89. The summed E-state index contributed by atoms with van der Waals surface area (Å²) in [5.74, 6) is -0.723. The zero-order chi connectivity index (χ0) is 18.7. The third-order valence-corrected chi connectivity index (χ3v) is 3.89. The van der Waals surface area contributed by atoms with E-state index in [1.54, 1.807) is 42.2 Å². The summed E-state index contributed by atoms with van der Waals surface area (Å²) in [5.41, 5.74) is 2.49. The first-order valence-electron chi connectivity index (χ1n) is 7.90. The molecule has 0 aliphatic rings. The molecule has 2 heterocycles. The molecule has 0 saturated carbocycles. The van der Waals surface area contributed by atoms with E-state index in [0.29, 0.717) is 28.1 Å². The van der Waals surface area contributed by atoms with Gasteiger partial charge in [0.25, 0.3) is 5.56 Å². The fourth-order valence-electron chi connectivity index (χ4n) is 2.59. The molecule has 1 aromatic carbocycles. The molecule has 0 spiro atoms. The number of nitrogens with zero attached hydrogens (tertiary/aromatic N) is 2. The minimum Gasteiger partial charge on any atom is -0.347 e. The van der Waals surface area contributed by atoms with Crippen LogP contribution in [0.25, 0.3) is 22.4 Å². The average Bonchev–Trinajstić information content (AvgIpc) is 3.06. The minimum atomic E-state index is -0.376. The number of hydrogen-bond donors (Lipinski definition) is 2. The molecule has 0 saturated heterocycles. The van der Waals surface area contributed by atoms with Gasteiger partial charge < -0.3 is 10.3 Å². The molecule has 0 atom stereocenters. The van der Waals surface area contributed by atoms with E-state index in [4.69, 9.17) is 0 Å². The van der Waals surface area contributed by atoms with Crippen LogP contribution in [0.15, 0.2) is 60.0 Å². The van der Waals surface area contributed by atoms with Gasteiger partial charge in [-0.15, -0.1) is 0 Å². The fraction of sp³-hybridized carbons (Fsp3) is 0.105. The standard InChI is InChI=1S/C19H17FN4O2/c1-3-18(25)21-11-17-15(16-8-9-24(2)23-16)10-14(19(26)22-17)12-4-6-13(20)7-5-12/h3-10H,1,11H2,2H3,(H,21,25)(H,22,26). The number of carbonyl (C=O) groups excluding carboxylic acids is 1. The van der Waals surface area contributed by atoms with Gasteiger partial charge in [0.1, 0.15) is 5.82 Å². The number of aromatic amines is 1. The average molecular weight is 352 g/mol. The van der Waals surface area contributed by atoms with Crippen molar-refractivity contribution in [3.05, 3.63) is 77.1 Å². The normalized spacial score (nSPS) is 10.5. The predicted octanol–water partition coefficient (Wildman–Crippen LogP) is 2.38. The van der Waals surface area contributed by atoms with E-state index < -0.39 is 0 Å². The molecule has 1 amide bonds. The molecular weight excluding hydrogens is 335 g/mol. The van der Waals surface area contributed by atoms with E-state index in [-0.39, 0.29) is 23.8 Å². The third kappa shape index (κ3) is 3.61. The largest absolute Gasteiger partial charge is 0.347 e. The second-order valence-electron chi connectivity index (χ2n) is 5.71. The lowest BCUT2D eigenvalue weighted by molar-refractivity contribution is -0.116. The topological polar surface area (TPSA) is 79.8 Å². The minimum absolute atomic E-state index is 0.121. The van der Waals surface area contributed by atoms with Crippen molar-refractivity contribution in [2.45, 2.75) is 6.54 Å². The summed E-state index contributed by atoms with van der Waals surface area (Å²) in [6, 6.07) is 9.19. The number of halogens is 1. The van der Waals surface area contributed by atoms with E-state index in [9.17, 15) is 14.0 Å². The van der Waals surface area contributed by atoms with Crippen molar-refractivity contribution >= 4 is 5.91 Å². The molecule has 0 aliphatic carbocycles. The molecular formula is C19H17FN4O2. The highest BCUT2D eigenvalue weighted by atomic mass is 19.1. The van der Waals surface area contributed by atoms with Crippen LogP contribution in [0.5, 0.6) is 0 Å². The number of nitrogens with one attached hydrogen (secondary N) is 2. The van der Waals surface area contributed by atoms with Crippen molar-refractivity contribution in [2.24, 2.45) is 7.05 Å². The number of carbonyl (C=O) groups is 1.